The third-order valence-electron chi connectivity index (χ3n) is 5.12. The van der Waals surface area contributed by atoms with Gasteiger partial charge in [0.2, 0.25) is 0 Å². The average molecular weight is 370 g/mol. The summed E-state index contributed by atoms with van der Waals surface area (Å²) in [5.41, 5.74) is 4.52. The molecule has 0 bridgehead atoms. The van der Waals surface area contributed by atoms with Gasteiger partial charge in [0.25, 0.3) is 5.91 Å². The van der Waals surface area contributed by atoms with E-state index in [1.54, 1.807) is 7.11 Å². The minimum atomic E-state index is 0.00750. The molecule has 0 aliphatic carbocycles. The van der Waals surface area contributed by atoms with Crippen LogP contribution in [0.15, 0.2) is 30.3 Å². The quantitative estimate of drug-likeness (QED) is 0.809. The number of aromatic nitrogens is 1. The van der Waals surface area contributed by atoms with Gasteiger partial charge in [-0.25, -0.2) is 0 Å². The molecule has 1 amide bonds. The summed E-state index contributed by atoms with van der Waals surface area (Å²) in [5, 5.41) is 3.02. The summed E-state index contributed by atoms with van der Waals surface area (Å²) >= 11 is 0. The Morgan fingerprint density at radius 1 is 1.30 bits per heavy atom. The van der Waals surface area contributed by atoms with Crippen molar-refractivity contribution in [2.24, 2.45) is 7.05 Å². The summed E-state index contributed by atoms with van der Waals surface area (Å²) < 4.78 is 7.38. The second-order valence-electron chi connectivity index (χ2n) is 7.43. The first-order valence-corrected chi connectivity index (χ1v) is 9.43. The van der Waals surface area contributed by atoms with Gasteiger partial charge < -0.3 is 19.5 Å². The number of nitrogens with one attached hydrogen (secondary N) is 1. The summed E-state index contributed by atoms with van der Waals surface area (Å²) in [7, 11) is 7.70. The Morgan fingerprint density at radius 2 is 2.11 bits per heavy atom. The Bertz CT molecular complexity index is 797. The predicted molar refractivity (Wildman–Crippen MR) is 107 cm³/mol. The molecule has 6 heteroatoms. The monoisotopic (exact) mass is 370 g/mol. The molecule has 1 aromatic heterocycles. The molecule has 146 valence electrons. The third-order valence-corrected chi connectivity index (χ3v) is 5.12. The van der Waals surface area contributed by atoms with Crippen molar-refractivity contribution < 1.29 is 9.53 Å². The van der Waals surface area contributed by atoms with E-state index in [2.05, 4.69) is 37.9 Å². The maximum atomic E-state index is 12.5. The number of amides is 1. The number of fused-ring (bicyclic) bond motifs is 1. The largest absolute Gasteiger partial charge is 0.497 e. The van der Waals surface area contributed by atoms with Crippen molar-refractivity contribution in [3.8, 4) is 5.75 Å². The lowest BCUT2D eigenvalue weighted by Crippen LogP contribution is -2.32. The highest BCUT2D eigenvalue weighted by atomic mass is 16.5. The Kier molecular flexibility index (Phi) is 6.19. The lowest BCUT2D eigenvalue weighted by atomic mass is 10.1. The van der Waals surface area contributed by atoms with Crippen LogP contribution in [0, 0.1) is 0 Å². The van der Waals surface area contributed by atoms with Gasteiger partial charge in [0.1, 0.15) is 11.4 Å². The maximum absolute atomic E-state index is 12.5. The van der Waals surface area contributed by atoms with Crippen LogP contribution < -0.4 is 10.1 Å². The molecule has 0 radical (unpaired) electrons. The molecule has 0 saturated carbocycles. The zero-order valence-corrected chi connectivity index (χ0v) is 16.8. The molecule has 0 atom stereocenters. The normalized spacial score (nSPS) is 14.3. The van der Waals surface area contributed by atoms with Crippen LogP contribution in [0.25, 0.3) is 0 Å². The zero-order valence-electron chi connectivity index (χ0n) is 16.8. The van der Waals surface area contributed by atoms with E-state index >= 15 is 0 Å². The Balaban J connectivity index is 1.66. The molecule has 1 aromatic carbocycles. The molecule has 1 aliphatic rings. The van der Waals surface area contributed by atoms with Crippen molar-refractivity contribution in [2.75, 3.05) is 40.8 Å². The van der Waals surface area contributed by atoms with Crippen LogP contribution in [-0.2, 0) is 26.6 Å². The van der Waals surface area contributed by atoms with Crippen molar-refractivity contribution in [1.29, 1.82) is 0 Å². The third kappa shape index (κ3) is 4.70. The minimum absolute atomic E-state index is 0.00750. The van der Waals surface area contributed by atoms with E-state index in [1.165, 1.54) is 16.8 Å². The molecule has 0 unspecified atom stereocenters. The Morgan fingerprint density at radius 3 is 2.85 bits per heavy atom. The van der Waals surface area contributed by atoms with E-state index in [4.69, 9.17) is 4.74 Å². The van der Waals surface area contributed by atoms with Gasteiger partial charge in [-0.2, -0.15) is 0 Å². The van der Waals surface area contributed by atoms with Gasteiger partial charge in [-0.1, -0.05) is 12.1 Å². The number of rotatable bonds is 7. The van der Waals surface area contributed by atoms with Crippen molar-refractivity contribution in [2.45, 2.75) is 19.5 Å². The van der Waals surface area contributed by atoms with Gasteiger partial charge in [-0.05, 0) is 43.4 Å². The summed E-state index contributed by atoms with van der Waals surface area (Å²) in [5.74, 6) is 0.898. The van der Waals surface area contributed by atoms with Crippen LogP contribution in [0.3, 0.4) is 0 Å². The molecule has 0 fully saturated rings. The number of benzene rings is 1. The highest BCUT2D eigenvalue weighted by molar-refractivity contribution is 5.93. The number of nitrogens with zero attached hydrogens (tertiary/aromatic N) is 3. The second kappa shape index (κ2) is 8.59. The summed E-state index contributed by atoms with van der Waals surface area (Å²) in [4.78, 5) is 17.0. The number of likely N-dealkylation sites (N-methyl/N-ethyl adjacent to an activating group) is 1. The fourth-order valence-corrected chi connectivity index (χ4v) is 3.62. The molecule has 2 aromatic rings. The maximum Gasteiger partial charge on any atom is 0.267 e. The number of ether oxygens (including phenoxy) is 1. The van der Waals surface area contributed by atoms with Gasteiger partial charge in [-0.15, -0.1) is 0 Å². The van der Waals surface area contributed by atoms with E-state index < -0.39 is 0 Å². The molecular formula is C21H30N4O2. The standard InChI is InChI=1S/C21H30N4O2/c1-23(2)11-9-22-21(26)20-13-17-15-25(10-8-19(17)24(20)3)14-16-6-5-7-18(12-16)27-4/h5-7,12-13H,8-11,14-15H2,1-4H3,(H,22,26). The van der Waals surface area contributed by atoms with Crippen molar-refractivity contribution in [3.63, 3.8) is 0 Å². The molecule has 0 saturated heterocycles. The molecule has 1 N–H and O–H groups in total. The van der Waals surface area contributed by atoms with Crippen LogP contribution in [0.1, 0.15) is 27.3 Å². The van der Waals surface area contributed by atoms with Gasteiger partial charge >= 0.3 is 0 Å². The predicted octanol–water partition coefficient (Wildman–Crippen LogP) is 1.88. The fourth-order valence-electron chi connectivity index (χ4n) is 3.62. The summed E-state index contributed by atoms with van der Waals surface area (Å²) in [6, 6.07) is 10.3. The van der Waals surface area contributed by atoms with Crippen molar-refractivity contribution in [1.82, 2.24) is 19.7 Å². The minimum Gasteiger partial charge on any atom is -0.497 e. The Labute approximate surface area is 161 Å². The number of hydrogen-bond acceptors (Lipinski definition) is 4. The number of hydrogen-bond donors (Lipinski definition) is 1. The smallest absolute Gasteiger partial charge is 0.267 e. The molecule has 1 aliphatic heterocycles. The molecular weight excluding hydrogens is 340 g/mol. The SMILES string of the molecule is COc1cccc(CN2CCc3c(cc(C(=O)NCCN(C)C)n3C)C2)c1. The van der Waals surface area contributed by atoms with E-state index in [9.17, 15) is 4.79 Å². The van der Waals surface area contributed by atoms with E-state index in [-0.39, 0.29) is 5.91 Å². The topological polar surface area (TPSA) is 49.7 Å². The molecule has 2 heterocycles. The van der Waals surface area contributed by atoms with E-state index in [1.807, 2.05) is 33.3 Å². The highest BCUT2D eigenvalue weighted by Crippen LogP contribution is 2.24. The Hall–Kier alpha value is -2.31. The van der Waals surface area contributed by atoms with Crippen molar-refractivity contribution >= 4 is 5.91 Å². The fraction of sp³-hybridized carbons (Fsp3) is 0.476. The molecule has 0 spiro atoms. The molecule has 3 rings (SSSR count). The summed E-state index contributed by atoms with van der Waals surface area (Å²) in [6.07, 6.45) is 0.959. The van der Waals surface area contributed by atoms with Crippen LogP contribution in [0.5, 0.6) is 5.75 Å². The van der Waals surface area contributed by atoms with Crippen molar-refractivity contribution in [3.05, 3.63) is 52.8 Å². The van der Waals surface area contributed by atoms with E-state index in [0.717, 1.165) is 44.0 Å². The van der Waals surface area contributed by atoms with Gasteiger partial charge in [0, 0.05) is 51.9 Å². The van der Waals surface area contributed by atoms with Gasteiger partial charge in [0.05, 0.1) is 7.11 Å². The molecule has 27 heavy (non-hydrogen) atoms. The number of carbonyl (C=O) groups excluding carboxylic acids is 1. The first-order valence-electron chi connectivity index (χ1n) is 9.43. The second-order valence-corrected chi connectivity index (χ2v) is 7.43. The van der Waals surface area contributed by atoms with Crippen LogP contribution in [-0.4, -0.2) is 61.1 Å². The summed E-state index contributed by atoms with van der Waals surface area (Å²) in [6.45, 7) is 4.23. The molecule has 6 nitrogen and oxygen atoms in total. The number of carbonyl (C=O) groups is 1. The first kappa shape index (κ1) is 19.5. The zero-order chi connectivity index (χ0) is 19.4. The van der Waals surface area contributed by atoms with Gasteiger partial charge in [0.15, 0.2) is 0 Å². The highest BCUT2D eigenvalue weighted by Gasteiger charge is 2.23. The van der Waals surface area contributed by atoms with Crippen LogP contribution in [0.2, 0.25) is 0 Å². The first-order chi connectivity index (χ1) is 13.0. The van der Waals surface area contributed by atoms with E-state index in [0.29, 0.717) is 6.54 Å². The average Bonchev–Trinajstić information content (AvgIpc) is 2.97. The number of methoxy groups -OCH3 is 1. The lowest BCUT2D eigenvalue weighted by Gasteiger charge is -2.27. The lowest BCUT2D eigenvalue weighted by molar-refractivity contribution is 0.0942. The van der Waals surface area contributed by atoms with Gasteiger partial charge in [-0.3, -0.25) is 9.69 Å². The van der Waals surface area contributed by atoms with Crippen LogP contribution in [0.4, 0.5) is 0 Å². The van der Waals surface area contributed by atoms with Crippen LogP contribution >= 0.6 is 0 Å².